The van der Waals surface area contributed by atoms with Crippen LogP contribution in [-0.4, -0.2) is 101 Å². The van der Waals surface area contributed by atoms with Crippen molar-refractivity contribution in [3.8, 4) is 0 Å². The van der Waals surface area contributed by atoms with E-state index in [1.807, 2.05) is 13.1 Å². The Labute approximate surface area is 207 Å². The van der Waals surface area contributed by atoms with Crippen molar-refractivity contribution in [1.29, 1.82) is 0 Å². The molecule has 4 aliphatic heterocycles. The number of rotatable bonds is 6. The maximum Gasteiger partial charge on any atom is 0.272 e. The second kappa shape index (κ2) is 10.0. The van der Waals surface area contributed by atoms with Gasteiger partial charge in [0.2, 0.25) is 0 Å². The molecule has 2 aromatic rings. The van der Waals surface area contributed by atoms with E-state index in [0.717, 1.165) is 75.4 Å². The number of amides is 1. The van der Waals surface area contributed by atoms with Crippen LogP contribution < -0.4 is 10.2 Å². The van der Waals surface area contributed by atoms with Crippen LogP contribution in [-0.2, 0) is 11.8 Å². The minimum atomic E-state index is -0.0802. The smallest absolute Gasteiger partial charge is 0.272 e. The lowest BCUT2D eigenvalue weighted by atomic mass is 10.0. The molecule has 9 heteroatoms. The van der Waals surface area contributed by atoms with Crippen molar-refractivity contribution in [2.24, 2.45) is 7.05 Å². The van der Waals surface area contributed by atoms with Gasteiger partial charge >= 0.3 is 0 Å². The summed E-state index contributed by atoms with van der Waals surface area (Å²) in [4.78, 5) is 25.7. The lowest BCUT2D eigenvalue weighted by molar-refractivity contribution is 0.0900. The maximum absolute atomic E-state index is 13.2. The molecule has 2 unspecified atom stereocenters. The number of carbonyl (C=O) groups excluding carboxylic acids is 1. The fourth-order valence-corrected chi connectivity index (χ4v) is 6.46. The number of hydrogen-bond donors (Lipinski definition) is 1. The van der Waals surface area contributed by atoms with Crippen molar-refractivity contribution in [3.63, 3.8) is 0 Å². The highest BCUT2D eigenvalue weighted by Gasteiger charge is 2.38. The van der Waals surface area contributed by atoms with Crippen LogP contribution in [0.5, 0.6) is 0 Å². The van der Waals surface area contributed by atoms with Crippen LogP contribution in [0.2, 0.25) is 0 Å². The van der Waals surface area contributed by atoms with Crippen molar-refractivity contribution in [3.05, 3.63) is 17.8 Å². The van der Waals surface area contributed by atoms with Gasteiger partial charge in [0, 0.05) is 39.3 Å². The van der Waals surface area contributed by atoms with Crippen molar-refractivity contribution in [2.45, 2.75) is 63.1 Å². The summed E-state index contributed by atoms with van der Waals surface area (Å²) in [5.74, 6) is 0.892. The highest BCUT2D eigenvalue weighted by molar-refractivity contribution is 6.04. The summed E-state index contributed by atoms with van der Waals surface area (Å²) in [5.41, 5.74) is 1.25. The number of piperidine rings is 2. The first-order valence-corrected chi connectivity index (χ1v) is 13.6. The number of likely N-dealkylation sites (tertiary alicyclic amines) is 2. The average Bonchev–Trinajstić information content (AvgIpc) is 3.35. The second-order valence-corrected chi connectivity index (χ2v) is 10.8. The van der Waals surface area contributed by atoms with E-state index < -0.39 is 0 Å². The number of nitrogens with one attached hydrogen (secondary N) is 1. The number of ether oxygens (including phenoxy) is 1. The van der Waals surface area contributed by atoms with E-state index in [9.17, 15) is 4.79 Å². The minimum Gasteiger partial charge on any atom is -0.377 e. The van der Waals surface area contributed by atoms with E-state index in [2.05, 4.69) is 31.2 Å². The minimum absolute atomic E-state index is 0.0802. The number of morpholine rings is 1. The number of hydrogen-bond acceptors (Lipinski definition) is 7. The van der Waals surface area contributed by atoms with E-state index in [4.69, 9.17) is 9.72 Å². The molecular formula is C26H39N7O2. The van der Waals surface area contributed by atoms with Gasteiger partial charge in [-0.2, -0.15) is 5.10 Å². The van der Waals surface area contributed by atoms with Gasteiger partial charge in [0.25, 0.3) is 5.91 Å². The summed E-state index contributed by atoms with van der Waals surface area (Å²) in [7, 11) is 1.88. The van der Waals surface area contributed by atoms with Crippen molar-refractivity contribution in [2.75, 3.05) is 57.4 Å². The van der Waals surface area contributed by atoms with Crippen LogP contribution in [0.15, 0.2) is 12.1 Å². The van der Waals surface area contributed by atoms with Gasteiger partial charge in [-0.25, -0.2) is 9.67 Å². The number of fused-ring (bicyclic) bond motifs is 3. The van der Waals surface area contributed by atoms with E-state index in [0.29, 0.717) is 17.8 Å². The van der Waals surface area contributed by atoms with E-state index in [-0.39, 0.29) is 11.9 Å². The Morgan fingerprint density at radius 2 is 1.66 bits per heavy atom. The van der Waals surface area contributed by atoms with E-state index >= 15 is 0 Å². The first kappa shape index (κ1) is 23.2. The van der Waals surface area contributed by atoms with Gasteiger partial charge < -0.3 is 24.8 Å². The molecule has 1 N–H and O–H groups in total. The molecule has 2 bridgehead atoms. The molecule has 0 spiro atoms. The van der Waals surface area contributed by atoms with Gasteiger partial charge in [0.1, 0.15) is 5.82 Å². The Hall–Kier alpha value is -2.23. The SMILES string of the molecule is Cn1nc(C(=O)NC2CCN(CCN3CCCCC3)CC2)c2ccc(N3C4CCC3COC4)nc21. The molecular weight excluding hydrogens is 442 g/mol. The molecule has 4 fully saturated rings. The van der Waals surface area contributed by atoms with Gasteiger partial charge in [-0.3, -0.25) is 4.79 Å². The Morgan fingerprint density at radius 3 is 2.37 bits per heavy atom. The van der Waals surface area contributed by atoms with Crippen LogP contribution in [0.1, 0.15) is 55.4 Å². The summed E-state index contributed by atoms with van der Waals surface area (Å²) in [6.45, 7) is 8.48. The van der Waals surface area contributed by atoms with Crippen LogP contribution in [0, 0.1) is 0 Å². The second-order valence-electron chi connectivity index (χ2n) is 10.8. The summed E-state index contributed by atoms with van der Waals surface area (Å²) in [5, 5.41) is 8.66. The Bertz CT molecular complexity index is 1030. The molecule has 6 heterocycles. The number of carbonyl (C=O) groups is 1. The highest BCUT2D eigenvalue weighted by atomic mass is 16.5. The summed E-state index contributed by atoms with van der Waals surface area (Å²) in [6.07, 6.45) is 8.39. The molecule has 6 rings (SSSR count). The van der Waals surface area contributed by atoms with Gasteiger partial charge in [0.15, 0.2) is 11.3 Å². The highest BCUT2D eigenvalue weighted by Crippen LogP contribution is 2.34. The normalized spacial score (nSPS) is 26.5. The summed E-state index contributed by atoms with van der Waals surface area (Å²) in [6, 6.07) is 5.10. The summed E-state index contributed by atoms with van der Waals surface area (Å²) < 4.78 is 7.48. The van der Waals surface area contributed by atoms with Gasteiger partial charge in [-0.1, -0.05) is 6.42 Å². The zero-order valence-corrected chi connectivity index (χ0v) is 21.0. The predicted octanol–water partition coefficient (Wildman–Crippen LogP) is 2.02. The molecule has 0 aromatic carbocycles. The zero-order chi connectivity index (χ0) is 23.8. The number of nitrogens with zero attached hydrogens (tertiary/aromatic N) is 6. The van der Waals surface area contributed by atoms with Crippen LogP contribution in [0.4, 0.5) is 5.82 Å². The molecule has 0 aliphatic carbocycles. The van der Waals surface area contributed by atoms with Gasteiger partial charge in [0.05, 0.1) is 30.7 Å². The standard InChI is InChI=1S/C26H39N7O2/c1-30-25-22(7-8-23(28-25)33-20-5-6-21(33)18-35-17-20)24(29-30)26(34)27-19-9-13-32(14-10-19)16-15-31-11-3-2-4-12-31/h7-8,19-21H,2-6,9-18H2,1H3,(H,27,34). The Balaban J connectivity index is 1.06. The van der Waals surface area contributed by atoms with Gasteiger partial charge in [-0.05, 0) is 63.7 Å². The molecule has 4 aliphatic rings. The zero-order valence-electron chi connectivity index (χ0n) is 21.0. The molecule has 190 valence electrons. The number of aromatic nitrogens is 3. The third kappa shape index (κ3) is 4.78. The molecule has 0 radical (unpaired) electrons. The third-order valence-corrected chi connectivity index (χ3v) is 8.50. The fourth-order valence-electron chi connectivity index (χ4n) is 6.46. The topological polar surface area (TPSA) is 78.8 Å². The lowest BCUT2D eigenvalue weighted by Crippen LogP contribution is -2.47. The van der Waals surface area contributed by atoms with E-state index in [1.54, 1.807) is 4.68 Å². The van der Waals surface area contributed by atoms with Crippen molar-refractivity contribution < 1.29 is 9.53 Å². The molecule has 2 aromatic heterocycles. The van der Waals surface area contributed by atoms with Gasteiger partial charge in [-0.15, -0.1) is 0 Å². The maximum atomic E-state index is 13.2. The van der Waals surface area contributed by atoms with Crippen LogP contribution in [0.25, 0.3) is 11.0 Å². The fraction of sp³-hybridized carbons (Fsp3) is 0.731. The van der Waals surface area contributed by atoms with Crippen LogP contribution >= 0.6 is 0 Å². The molecule has 35 heavy (non-hydrogen) atoms. The number of aryl methyl sites for hydroxylation is 1. The van der Waals surface area contributed by atoms with E-state index in [1.165, 1.54) is 38.9 Å². The first-order valence-electron chi connectivity index (χ1n) is 13.6. The largest absolute Gasteiger partial charge is 0.377 e. The average molecular weight is 482 g/mol. The van der Waals surface area contributed by atoms with Crippen molar-refractivity contribution >= 4 is 22.8 Å². The third-order valence-electron chi connectivity index (χ3n) is 8.50. The van der Waals surface area contributed by atoms with Crippen molar-refractivity contribution in [1.82, 2.24) is 29.9 Å². The lowest BCUT2D eigenvalue weighted by Gasteiger charge is -2.35. The molecule has 1 amide bonds. The molecule has 4 saturated heterocycles. The monoisotopic (exact) mass is 481 g/mol. The molecule has 9 nitrogen and oxygen atoms in total. The number of pyridine rings is 1. The first-order chi connectivity index (χ1) is 17.2. The predicted molar refractivity (Wildman–Crippen MR) is 136 cm³/mol. The Morgan fingerprint density at radius 1 is 0.971 bits per heavy atom. The Kier molecular flexibility index (Phi) is 6.64. The quantitative estimate of drug-likeness (QED) is 0.676. The van der Waals surface area contributed by atoms with Crippen LogP contribution in [0.3, 0.4) is 0 Å². The summed E-state index contributed by atoms with van der Waals surface area (Å²) >= 11 is 0. The molecule has 0 saturated carbocycles. The molecule has 2 atom stereocenters. The number of anilines is 1.